The van der Waals surface area contributed by atoms with Crippen molar-refractivity contribution in [1.82, 2.24) is 19.7 Å². The molecule has 3 heterocycles. The number of pyridine rings is 1. The van der Waals surface area contributed by atoms with E-state index in [2.05, 4.69) is 53.1 Å². The van der Waals surface area contributed by atoms with Gasteiger partial charge in [0.2, 0.25) is 0 Å². The molecule has 1 aromatic carbocycles. The Hall–Kier alpha value is -1.95. The number of nitrogens with one attached hydrogen (secondary N) is 1. The van der Waals surface area contributed by atoms with Crippen LogP contribution in [0.4, 0.5) is 5.82 Å². The Balaban J connectivity index is 1.62. The highest BCUT2D eigenvalue weighted by Crippen LogP contribution is 2.25. The molecule has 0 saturated carbocycles. The van der Waals surface area contributed by atoms with Gasteiger partial charge in [-0.25, -0.2) is 4.98 Å². The van der Waals surface area contributed by atoms with E-state index in [4.69, 9.17) is 0 Å². The Labute approximate surface area is 130 Å². The number of aromatic nitrogens is 4. The zero-order valence-electron chi connectivity index (χ0n) is 11.4. The van der Waals surface area contributed by atoms with E-state index in [-0.39, 0.29) is 0 Å². The van der Waals surface area contributed by atoms with Crippen LogP contribution in [0.2, 0.25) is 0 Å². The molecule has 1 aliphatic heterocycles. The zero-order valence-corrected chi connectivity index (χ0v) is 13.0. The number of nitrogens with zero attached hydrogens (tertiary/aromatic N) is 4. The van der Waals surface area contributed by atoms with Crippen molar-refractivity contribution in [3.8, 4) is 0 Å². The monoisotopic (exact) mass is 343 g/mol. The van der Waals surface area contributed by atoms with E-state index in [1.54, 1.807) is 0 Å². The topological polar surface area (TPSA) is 55.6 Å². The first-order chi connectivity index (χ1) is 10.3. The molecule has 0 atom stereocenters. The lowest BCUT2D eigenvalue weighted by Crippen LogP contribution is -2.08. The summed E-state index contributed by atoms with van der Waals surface area (Å²) in [5.41, 5.74) is 0. The molecular formula is C15H14BrN5. The maximum Gasteiger partial charge on any atom is 0.152 e. The lowest BCUT2D eigenvalue weighted by atomic mass is 10.1. The number of fused-ring (bicyclic) bond motifs is 2. The average Bonchev–Trinajstić information content (AvgIpc) is 3.08. The van der Waals surface area contributed by atoms with E-state index in [1.807, 2.05) is 18.3 Å². The van der Waals surface area contributed by atoms with E-state index >= 15 is 0 Å². The first-order valence-corrected chi connectivity index (χ1v) is 7.80. The molecule has 0 fully saturated rings. The standard InChI is InChI=1S/C15H14BrN5/c16-11-3-4-12-10(8-11)5-6-17-15(12)18-9-14-20-19-13-2-1-7-21(13)14/h3-6,8H,1-2,7,9H2,(H,17,18). The summed E-state index contributed by atoms with van der Waals surface area (Å²) in [6.45, 7) is 1.67. The molecule has 0 spiro atoms. The normalized spacial score (nSPS) is 13.6. The van der Waals surface area contributed by atoms with Gasteiger partial charge in [0.05, 0.1) is 6.54 Å². The summed E-state index contributed by atoms with van der Waals surface area (Å²) in [5, 5.41) is 14.2. The minimum Gasteiger partial charge on any atom is -0.362 e. The zero-order chi connectivity index (χ0) is 14.2. The number of anilines is 1. The van der Waals surface area contributed by atoms with E-state index in [0.717, 1.165) is 45.7 Å². The van der Waals surface area contributed by atoms with Gasteiger partial charge in [0.15, 0.2) is 5.82 Å². The highest BCUT2D eigenvalue weighted by molar-refractivity contribution is 9.10. The summed E-state index contributed by atoms with van der Waals surface area (Å²) in [5.74, 6) is 2.97. The van der Waals surface area contributed by atoms with Gasteiger partial charge in [-0.05, 0) is 36.1 Å². The number of rotatable bonds is 3. The molecule has 0 amide bonds. The Morgan fingerprint density at radius 1 is 1.24 bits per heavy atom. The van der Waals surface area contributed by atoms with Crippen LogP contribution in [0.5, 0.6) is 0 Å². The summed E-state index contributed by atoms with van der Waals surface area (Å²) in [4.78, 5) is 4.45. The molecule has 0 saturated heterocycles. The molecule has 4 rings (SSSR count). The minimum absolute atomic E-state index is 0.648. The van der Waals surface area contributed by atoms with E-state index in [1.165, 1.54) is 6.42 Å². The number of halogens is 1. The van der Waals surface area contributed by atoms with Gasteiger partial charge in [0.25, 0.3) is 0 Å². The highest BCUT2D eigenvalue weighted by atomic mass is 79.9. The van der Waals surface area contributed by atoms with Crippen molar-refractivity contribution in [3.63, 3.8) is 0 Å². The quantitative estimate of drug-likeness (QED) is 0.793. The van der Waals surface area contributed by atoms with Gasteiger partial charge in [-0.2, -0.15) is 0 Å². The average molecular weight is 344 g/mol. The molecule has 6 heteroatoms. The predicted molar refractivity (Wildman–Crippen MR) is 85.1 cm³/mol. The maximum atomic E-state index is 4.45. The smallest absolute Gasteiger partial charge is 0.152 e. The Kier molecular flexibility index (Phi) is 3.11. The summed E-state index contributed by atoms with van der Waals surface area (Å²) >= 11 is 3.50. The third kappa shape index (κ3) is 2.29. The first-order valence-electron chi connectivity index (χ1n) is 7.00. The largest absolute Gasteiger partial charge is 0.362 e. The number of aryl methyl sites for hydroxylation is 1. The molecular weight excluding hydrogens is 330 g/mol. The van der Waals surface area contributed by atoms with Gasteiger partial charge in [0, 0.05) is 29.0 Å². The van der Waals surface area contributed by atoms with Gasteiger partial charge in [0.1, 0.15) is 11.6 Å². The van der Waals surface area contributed by atoms with Crippen molar-refractivity contribution in [2.75, 3.05) is 5.32 Å². The molecule has 106 valence electrons. The van der Waals surface area contributed by atoms with Gasteiger partial charge in [-0.3, -0.25) is 0 Å². The number of hydrogen-bond acceptors (Lipinski definition) is 4. The molecule has 1 aliphatic rings. The Morgan fingerprint density at radius 2 is 2.19 bits per heavy atom. The number of hydrogen-bond donors (Lipinski definition) is 1. The van der Waals surface area contributed by atoms with Crippen LogP contribution in [-0.4, -0.2) is 19.7 Å². The van der Waals surface area contributed by atoms with Crippen LogP contribution < -0.4 is 5.32 Å². The lowest BCUT2D eigenvalue weighted by Gasteiger charge is -2.09. The van der Waals surface area contributed by atoms with Crippen LogP contribution in [0.15, 0.2) is 34.9 Å². The molecule has 0 radical (unpaired) electrons. The fraction of sp³-hybridized carbons (Fsp3) is 0.267. The fourth-order valence-corrected chi connectivity index (χ4v) is 3.17. The minimum atomic E-state index is 0.648. The van der Waals surface area contributed by atoms with Crippen LogP contribution in [0.1, 0.15) is 18.1 Å². The summed E-state index contributed by atoms with van der Waals surface area (Å²) < 4.78 is 3.27. The second-order valence-electron chi connectivity index (χ2n) is 5.17. The van der Waals surface area contributed by atoms with Gasteiger partial charge < -0.3 is 9.88 Å². The molecule has 1 N–H and O–H groups in total. The molecule has 21 heavy (non-hydrogen) atoms. The third-order valence-electron chi connectivity index (χ3n) is 3.83. The first kappa shape index (κ1) is 12.8. The van der Waals surface area contributed by atoms with E-state index < -0.39 is 0 Å². The SMILES string of the molecule is Brc1ccc2c(NCc3nnc4n3CCC4)nccc2c1. The van der Waals surface area contributed by atoms with Crippen LogP contribution in [0.25, 0.3) is 10.8 Å². The van der Waals surface area contributed by atoms with E-state index in [0.29, 0.717) is 6.54 Å². The molecule has 5 nitrogen and oxygen atoms in total. The molecule has 0 bridgehead atoms. The summed E-state index contributed by atoms with van der Waals surface area (Å²) in [7, 11) is 0. The van der Waals surface area contributed by atoms with Crippen molar-refractivity contribution in [1.29, 1.82) is 0 Å². The second-order valence-corrected chi connectivity index (χ2v) is 6.08. The van der Waals surface area contributed by atoms with Crippen molar-refractivity contribution >= 4 is 32.5 Å². The van der Waals surface area contributed by atoms with Crippen molar-refractivity contribution in [2.45, 2.75) is 25.9 Å². The predicted octanol–water partition coefficient (Wildman–Crippen LogP) is 3.15. The summed E-state index contributed by atoms with van der Waals surface area (Å²) in [6.07, 6.45) is 4.03. The van der Waals surface area contributed by atoms with Gasteiger partial charge >= 0.3 is 0 Å². The van der Waals surface area contributed by atoms with Gasteiger partial charge in [-0.15, -0.1) is 10.2 Å². The van der Waals surface area contributed by atoms with Crippen molar-refractivity contribution in [2.24, 2.45) is 0 Å². The van der Waals surface area contributed by atoms with Crippen molar-refractivity contribution in [3.05, 3.63) is 46.6 Å². The molecule has 2 aromatic heterocycles. The van der Waals surface area contributed by atoms with Crippen molar-refractivity contribution < 1.29 is 0 Å². The fourth-order valence-electron chi connectivity index (χ4n) is 2.79. The Morgan fingerprint density at radius 3 is 3.14 bits per heavy atom. The third-order valence-corrected chi connectivity index (χ3v) is 4.32. The summed E-state index contributed by atoms with van der Waals surface area (Å²) in [6, 6.07) is 8.21. The molecule has 0 aliphatic carbocycles. The highest BCUT2D eigenvalue weighted by Gasteiger charge is 2.17. The maximum absolute atomic E-state index is 4.45. The van der Waals surface area contributed by atoms with Crippen LogP contribution in [-0.2, 0) is 19.5 Å². The van der Waals surface area contributed by atoms with Crippen LogP contribution in [0, 0.1) is 0 Å². The Bertz CT molecular complexity index is 811. The van der Waals surface area contributed by atoms with E-state index in [9.17, 15) is 0 Å². The lowest BCUT2D eigenvalue weighted by molar-refractivity contribution is 0.695. The van der Waals surface area contributed by atoms with Crippen LogP contribution in [0.3, 0.4) is 0 Å². The molecule has 3 aromatic rings. The number of benzene rings is 1. The second kappa shape index (κ2) is 5.11. The molecule has 0 unspecified atom stereocenters. The van der Waals surface area contributed by atoms with Crippen LogP contribution >= 0.6 is 15.9 Å². The van der Waals surface area contributed by atoms with Gasteiger partial charge in [-0.1, -0.05) is 15.9 Å².